The molecule has 1 N–H and O–H groups in total. The fourth-order valence-electron chi connectivity index (χ4n) is 1.63. The van der Waals surface area contributed by atoms with Crippen LogP contribution in [0.15, 0.2) is 34.3 Å². The number of furan rings is 1. The molecule has 17 heavy (non-hydrogen) atoms. The lowest BCUT2D eigenvalue weighted by Crippen LogP contribution is -2.07. The molecule has 0 fully saturated rings. The Hall–Kier alpha value is -1.10. The highest BCUT2D eigenvalue weighted by Gasteiger charge is 2.05. The normalized spacial score (nSPS) is 10.9. The molecule has 0 unspecified atom stereocenters. The summed E-state index contributed by atoms with van der Waals surface area (Å²) in [4.78, 5) is 1.36. The Bertz CT molecular complexity index is 422. The van der Waals surface area contributed by atoms with Gasteiger partial charge in [-0.05, 0) is 24.6 Å². The predicted octanol–water partition coefficient (Wildman–Crippen LogP) is 2.82. The van der Waals surface area contributed by atoms with Crippen molar-refractivity contribution in [3.8, 4) is 0 Å². The van der Waals surface area contributed by atoms with Gasteiger partial charge in [-0.2, -0.15) is 0 Å². The van der Waals surface area contributed by atoms with Gasteiger partial charge in [0.05, 0.1) is 12.9 Å². The molecule has 0 aliphatic rings. The number of ether oxygens (including phenoxy) is 1. The highest BCUT2D eigenvalue weighted by Crippen LogP contribution is 2.13. The highest BCUT2D eigenvalue weighted by molar-refractivity contribution is 7.09. The van der Waals surface area contributed by atoms with Crippen molar-refractivity contribution >= 4 is 11.3 Å². The summed E-state index contributed by atoms with van der Waals surface area (Å²) in [5.41, 5.74) is 1.17. The molecule has 2 rings (SSSR count). The summed E-state index contributed by atoms with van der Waals surface area (Å²) in [5.74, 6) is 0.922. The Morgan fingerprint density at radius 2 is 2.35 bits per heavy atom. The fraction of sp³-hybridized carbons (Fsp3) is 0.385. The number of rotatable bonds is 7. The average molecular weight is 251 g/mol. The van der Waals surface area contributed by atoms with Crippen LogP contribution in [-0.4, -0.2) is 13.7 Å². The first-order valence-electron chi connectivity index (χ1n) is 5.70. The van der Waals surface area contributed by atoms with Crippen molar-refractivity contribution < 1.29 is 9.15 Å². The second kappa shape index (κ2) is 6.59. The van der Waals surface area contributed by atoms with Crippen LogP contribution in [0.1, 0.15) is 16.2 Å². The second-order valence-electron chi connectivity index (χ2n) is 3.78. The second-order valence-corrected chi connectivity index (χ2v) is 4.81. The largest absolute Gasteiger partial charge is 0.467 e. The van der Waals surface area contributed by atoms with Gasteiger partial charge in [0, 0.05) is 23.4 Å². The minimum atomic E-state index is 0.551. The topological polar surface area (TPSA) is 34.4 Å². The summed E-state index contributed by atoms with van der Waals surface area (Å²) in [5, 5.41) is 5.20. The molecular weight excluding hydrogens is 234 g/mol. The van der Waals surface area contributed by atoms with E-state index in [0.717, 1.165) is 25.3 Å². The van der Waals surface area contributed by atoms with E-state index in [4.69, 9.17) is 9.15 Å². The lowest BCUT2D eigenvalue weighted by atomic mass is 10.2. The van der Waals surface area contributed by atoms with Crippen LogP contribution in [-0.2, 0) is 24.3 Å². The zero-order valence-electron chi connectivity index (χ0n) is 9.94. The van der Waals surface area contributed by atoms with Crippen LogP contribution in [0.3, 0.4) is 0 Å². The molecule has 2 aromatic heterocycles. The third-order valence-corrected chi connectivity index (χ3v) is 3.45. The molecule has 0 amide bonds. The maximum absolute atomic E-state index is 5.62. The van der Waals surface area contributed by atoms with Crippen molar-refractivity contribution in [2.24, 2.45) is 0 Å². The zero-order chi connectivity index (χ0) is 11.9. The van der Waals surface area contributed by atoms with Gasteiger partial charge in [0.1, 0.15) is 12.4 Å². The van der Waals surface area contributed by atoms with Gasteiger partial charge < -0.3 is 14.5 Å². The molecule has 92 valence electrons. The molecule has 0 aromatic carbocycles. The molecule has 4 heteroatoms. The molecule has 0 bridgehead atoms. The molecule has 0 saturated carbocycles. The van der Waals surface area contributed by atoms with Crippen LogP contribution in [0, 0.1) is 0 Å². The van der Waals surface area contributed by atoms with Gasteiger partial charge in [0.2, 0.25) is 0 Å². The quantitative estimate of drug-likeness (QED) is 0.768. The van der Waals surface area contributed by atoms with E-state index in [9.17, 15) is 0 Å². The average Bonchev–Trinajstić information content (AvgIpc) is 2.96. The molecule has 3 nitrogen and oxygen atoms in total. The van der Waals surface area contributed by atoms with Gasteiger partial charge in [-0.15, -0.1) is 11.3 Å². The van der Waals surface area contributed by atoms with E-state index in [0.29, 0.717) is 6.61 Å². The standard InChI is InChI=1S/C13H17NO2S/c1-14-9-11-4-7-16-13(11)10-15-6-5-12-3-2-8-17-12/h2-4,7-8,14H,5-6,9-10H2,1H3. The van der Waals surface area contributed by atoms with Gasteiger partial charge >= 0.3 is 0 Å². The number of thiophene rings is 1. The van der Waals surface area contributed by atoms with Crippen LogP contribution >= 0.6 is 11.3 Å². The van der Waals surface area contributed by atoms with Gasteiger partial charge in [-0.25, -0.2) is 0 Å². The molecule has 0 radical (unpaired) electrons. The summed E-state index contributed by atoms with van der Waals surface area (Å²) in [6, 6.07) is 6.18. The number of nitrogens with one attached hydrogen (secondary N) is 1. The molecule has 0 spiro atoms. The Balaban J connectivity index is 1.72. The highest BCUT2D eigenvalue weighted by atomic mass is 32.1. The number of hydrogen-bond acceptors (Lipinski definition) is 4. The summed E-state index contributed by atoms with van der Waals surface area (Å²) >= 11 is 1.77. The summed E-state index contributed by atoms with van der Waals surface area (Å²) in [6.07, 6.45) is 2.68. The summed E-state index contributed by atoms with van der Waals surface area (Å²) < 4.78 is 11.0. The SMILES string of the molecule is CNCc1ccoc1COCCc1cccs1. The molecule has 0 saturated heterocycles. The Labute approximate surface area is 105 Å². The molecule has 0 atom stereocenters. The maximum Gasteiger partial charge on any atom is 0.133 e. The van der Waals surface area contributed by atoms with Gasteiger partial charge in [0.25, 0.3) is 0 Å². The molecule has 2 heterocycles. The van der Waals surface area contributed by atoms with Gasteiger partial charge in [-0.1, -0.05) is 6.07 Å². The van der Waals surface area contributed by atoms with Crippen molar-refractivity contribution in [2.45, 2.75) is 19.6 Å². The minimum Gasteiger partial charge on any atom is -0.467 e. The van der Waals surface area contributed by atoms with Gasteiger partial charge in [-0.3, -0.25) is 0 Å². The van der Waals surface area contributed by atoms with Crippen molar-refractivity contribution in [3.63, 3.8) is 0 Å². The van der Waals surface area contributed by atoms with Crippen molar-refractivity contribution in [1.29, 1.82) is 0 Å². The monoisotopic (exact) mass is 251 g/mol. The van der Waals surface area contributed by atoms with Crippen LogP contribution in [0.4, 0.5) is 0 Å². The van der Waals surface area contributed by atoms with Crippen molar-refractivity contribution in [1.82, 2.24) is 5.32 Å². The third kappa shape index (κ3) is 3.70. The summed E-state index contributed by atoms with van der Waals surface area (Å²) in [6.45, 7) is 2.11. The van der Waals surface area contributed by atoms with E-state index in [2.05, 4.69) is 22.8 Å². The first-order valence-corrected chi connectivity index (χ1v) is 6.58. The van der Waals surface area contributed by atoms with Crippen LogP contribution < -0.4 is 5.32 Å². The lowest BCUT2D eigenvalue weighted by Gasteiger charge is -2.03. The third-order valence-electron chi connectivity index (χ3n) is 2.51. The van der Waals surface area contributed by atoms with Crippen LogP contribution in [0.25, 0.3) is 0 Å². The van der Waals surface area contributed by atoms with Crippen LogP contribution in [0.5, 0.6) is 0 Å². The van der Waals surface area contributed by atoms with Crippen molar-refractivity contribution in [2.75, 3.05) is 13.7 Å². The van der Waals surface area contributed by atoms with E-state index in [1.165, 1.54) is 10.4 Å². The lowest BCUT2D eigenvalue weighted by molar-refractivity contribution is 0.108. The van der Waals surface area contributed by atoms with E-state index < -0.39 is 0 Å². The van der Waals surface area contributed by atoms with Crippen molar-refractivity contribution in [3.05, 3.63) is 46.0 Å². The van der Waals surface area contributed by atoms with E-state index in [1.807, 2.05) is 13.1 Å². The molecule has 0 aliphatic carbocycles. The van der Waals surface area contributed by atoms with Crippen LogP contribution in [0.2, 0.25) is 0 Å². The first kappa shape index (κ1) is 12.4. The first-order chi connectivity index (χ1) is 8.40. The molecular formula is C13H17NO2S. The Morgan fingerprint density at radius 1 is 1.41 bits per heavy atom. The fourth-order valence-corrected chi connectivity index (χ4v) is 2.32. The smallest absolute Gasteiger partial charge is 0.133 e. The summed E-state index contributed by atoms with van der Waals surface area (Å²) in [7, 11) is 1.93. The van der Waals surface area contributed by atoms with E-state index in [-0.39, 0.29) is 0 Å². The number of hydrogen-bond donors (Lipinski definition) is 1. The Morgan fingerprint density at radius 3 is 3.12 bits per heavy atom. The Kier molecular flexibility index (Phi) is 4.79. The maximum atomic E-state index is 5.62. The van der Waals surface area contributed by atoms with Gasteiger partial charge in [0.15, 0.2) is 0 Å². The molecule has 0 aliphatic heterocycles. The zero-order valence-corrected chi connectivity index (χ0v) is 10.8. The minimum absolute atomic E-state index is 0.551. The van der Waals surface area contributed by atoms with E-state index in [1.54, 1.807) is 17.6 Å². The van der Waals surface area contributed by atoms with E-state index >= 15 is 0 Å². The molecule has 2 aromatic rings. The predicted molar refractivity (Wildman–Crippen MR) is 69.2 cm³/mol.